The van der Waals surface area contributed by atoms with Gasteiger partial charge in [0.25, 0.3) is 0 Å². The molecule has 0 atom stereocenters. The van der Waals surface area contributed by atoms with Gasteiger partial charge in [0.1, 0.15) is 0 Å². The fraction of sp³-hybridized carbons (Fsp3) is 0.364. The minimum absolute atomic E-state index is 0.0400. The molecule has 0 aliphatic carbocycles. The van der Waals surface area contributed by atoms with Crippen LogP contribution in [0.5, 0.6) is 0 Å². The molecule has 13 heavy (non-hydrogen) atoms. The van der Waals surface area contributed by atoms with Crippen molar-refractivity contribution in [1.82, 2.24) is 4.90 Å². The van der Waals surface area contributed by atoms with Crippen LogP contribution in [0.3, 0.4) is 0 Å². The number of hydrogen-bond donors (Lipinski definition) is 0. The molecule has 0 fully saturated rings. The highest BCUT2D eigenvalue weighted by atomic mass is 16.2. The Morgan fingerprint density at radius 2 is 2.15 bits per heavy atom. The van der Waals surface area contributed by atoms with E-state index in [0.29, 0.717) is 6.54 Å². The third-order valence-corrected chi connectivity index (χ3v) is 1.68. The standard InChI is InChI=1S/C11H17NO/c1-5-8-9-11(6-2)12(7-3)10(4)13/h5-6,8-9H,2,7H2,1,3-4H3. The predicted octanol–water partition coefficient (Wildman–Crippen LogP) is 2.50. The molecule has 0 saturated carbocycles. The van der Waals surface area contributed by atoms with Crippen molar-refractivity contribution in [2.75, 3.05) is 6.54 Å². The Morgan fingerprint density at radius 3 is 2.46 bits per heavy atom. The maximum Gasteiger partial charge on any atom is 0.223 e. The average molecular weight is 179 g/mol. The molecule has 0 aliphatic rings. The molecule has 2 heteroatoms. The monoisotopic (exact) mass is 179 g/mol. The van der Waals surface area contributed by atoms with Crippen molar-refractivity contribution in [1.29, 1.82) is 0 Å². The van der Waals surface area contributed by atoms with Crippen molar-refractivity contribution < 1.29 is 4.79 Å². The van der Waals surface area contributed by atoms with E-state index in [-0.39, 0.29) is 5.91 Å². The number of carbonyl (C=O) groups is 1. The second-order valence-corrected chi connectivity index (χ2v) is 2.58. The van der Waals surface area contributed by atoms with E-state index >= 15 is 0 Å². The van der Waals surface area contributed by atoms with Gasteiger partial charge in [-0.3, -0.25) is 4.79 Å². The highest BCUT2D eigenvalue weighted by Crippen LogP contribution is 2.05. The van der Waals surface area contributed by atoms with Gasteiger partial charge in [0.05, 0.1) is 0 Å². The third-order valence-electron chi connectivity index (χ3n) is 1.68. The van der Waals surface area contributed by atoms with Crippen LogP contribution in [-0.2, 0) is 4.79 Å². The van der Waals surface area contributed by atoms with Crippen molar-refractivity contribution in [3.05, 3.63) is 36.6 Å². The summed E-state index contributed by atoms with van der Waals surface area (Å²) in [4.78, 5) is 12.8. The molecule has 0 aromatic rings. The van der Waals surface area contributed by atoms with Crippen LogP contribution in [0.25, 0.3) is 0 Å². The molecule has 0 aromatic heterocycles. The summed E-state index contributed by atoms with van der Waals surface area (Å²) in [6, 6.07) is 0. The van der Waals surface area contributed by atoms with Gasteiger partial charge in [0.15, 0.2) is 0 Å². The van der Waals surface area contributed by atoms with Gasteiger partial charge in [-0.1, -0.05) is 18.7 Å². The quantitative estimate of drug-likeness (QED) is 0.607. The Balaban J connectivity index is 4.71. The summed E-state index contributed by atoms with van der Waals surface area (Å²) < 4.78 is 0. The average Bonchev–Trinajstić information content (AvgIpc) is 2.11. The molecule has 1 amide bonds. The fourth-order valence-electron chi connectivity index (χ4n) is 1.05. The SMILES string of the molecule is C=CC(=CC=CC)N(CC)C(C)=O. The van der Waals surface area contributed by atoms with E-state index < -0.39 is 0 Å². The van der Waals surface area contributed by atoms with E-state index in [9.17, 15) is 4.79 Å². The zero-order valence-electron chi connectivity index (χ0n) is 8.58. The second-order valence-electron chi connectivity index (χ2n) is 2.58. The van der Waals surface area contributed by atoms with Crippen LogP contribution in [0.1, 0.15) is 20.8 Å². The topological polar surface area (TPSA) is 20.3 Å². The highest BCUT2D eigenvalue weighted by Gasteiger charge is 2.07. The lowest BCUT2D eigenvalue weighted by atomic mass is 10.3. The molecule has 0 unspecified atom stereocenters. The Kier molecular flexibility index (Phi) is 5.60. The molecule has 0 aromatic carbocycles. The van der Waals surface area contributed by atoms with Crippen LogP contribution in [0.2, 0.25) is 0 Å². The molecule has 0 radical (unpaired) electrons. The summed E-state index contributed by atoms with van der Waals surface area (Å²) in [6.07, 6.45) is 7.36. The molecule has 0 saturated heterocycles. The normalized spacial score (nSPS) is 11.8. The summed E-state index contributed by atoms with van der Waals surface area (Å²) in [5.74, 6) is 0.0400. The predicted molar refractivity (Wildman–Crippen MR) is 56.2 cm³/mol. The molecule has 2 nitrogen and oxygen atoms in total. The second kappa shape index (κ2) is 6.23. The Hall–Kier alpha value is -1.31. The number of amides is 1. The number of likely N-dealkylation sites (N-methyl/N-ethyl adjacent to an activating group) is 1. The lowest BCUT2D eigenvalue weighted by molar-refractivity contribution is -0.126. The van der Waals surface area contributed by atoms with Crippen LogP contribution in [0.15, 0.2) is 36.6 Å². The first-order valence-corrected chi connectivity index (χ1v) is 4.40. The maximum atomic E-state index is 11.2. The molecular weight excluding hydrogens is 162 g/mol. The zero-order valence-corrected chi connectivity index (χ0v) is 8.58. The van der Waals surface area contributed by atoms with Crippen molar-refractivity contribution in [3.8, 4) is 0 Å². The van der Waals surface area contributed by atoms with Gasteiger partial charge >= 0.3 is 0 Å². The van der Waals surface area contributed by atoms with Crippen molar-refractivity contribution in [3.63, 3.8) is 0 Å². The van der Waals surface area contributed by atoms with Gasteiger partial charge in [-0.05, 0) is 26.0 Å². The number of carbonyl (C=O) groups excluding carboxylic acids is 1. The van der Waals surface area contributed by atoms with Gasteiger partial charge in [-0.25, -0.2) is 0 Å². The number of nitrogens with zero attached hydrogens (tertiary/aromatic N) is 1. The Morgan fingerprint density at radius 1 is 1.54 bits per heavy atom. The highest BCUT2D eigenvalue weighted by molar-refractivity contribution is 5.75. The maximum absolute atomic E-state index is 11.2. The largest absolute Gasteiger partial charge is 0.313 e. The van der Waals surface area contributed by atoms with Crippen LogP contribution >= 0.6 is 0 Å². The minimum atomic E-state index is 0.0400. The lowest BCUT2D eigenvalue weighted by Crippen LogP contribution is -2.26. The summed E-state index contributed by atoms with van der Waals surface area (Å²) >= 11 is 0. The first kappa shape index (κ1) is 11.7. The Bertz CT molecular complexity index is 238. The first-order chi connectivity index (χ1) is 6.17. The summed E-state index contributed by atoms with van der Waals surface area (Å²) in [5, 5.41) is 0. The third kappa shape index (κ3) is 3.74. The van der Waals surface area contributed by atoms with Gasteiger partial charge in [-0.2, -0.15) is 0 Å². The van der Waals surface area contributed by atoms with E-state index in [1.807, 2.05) is 32.1 Å². The van der Waals surface area contributed by atoms with Gasteiger partial charge in [0, 0.05) is 19.2 Å². The minimum Gasteiger partial charge on any atom is -0.313 e. The van der Waals surface area contributed by atoms with Crippen molar-refractivity contribution in [2.24, 2.45) is 0 Å². The molecule has 0 bridgehead atoms. The number of allylic oxidation sites excluding steroid dienone is 4. The van der Waals surface area contributed by atoms with Crippen molar-refractivity contribution >= 4 is 5.91 Å². The first-order valence-electron chi connectivity index (χ1n) is 4.40. The van der Waals surface area contributed by atoms with E-state index in [1.165, 1.54) is 0 Å². The summed E-state index contributed by atoms with van der Waals surface area (Å²) in [5.41, 5.74) is 0.841. The molecular formula is C11H17NO. The summed E-state index contributed by atoms with van der Waals surface area (Å²) in [7, 11) is 0. The molecule has 0 spiro atoms. The van der Waals surface area contributed by atoms with E-state index in [0.717, 1.165) is 5.70 Å². The van der Waals surface area contributed by atoms with Crippen molar-refractivity contribution in [2.45, 2.75) is 20.8 Å². The van der Waals surface area contributed by atoms with Gasteiger partial charge in [-0.15, -0.1) is 0 Å². The van der Waals surface area contributed by atoms with E-state index in [1.54, 1.807) is 17.9 Å². The van der Waals surface area contributed by atoms with Gasteiger partial charge in [0.2, 0.25) is 5.91 Å². The molecule has 0 rings (SSSR count). The number of rotatable bonds is 4. The van der Waals surface area contributed by atoms with E-state index in [2.05, 4.69) is 6.58 Å². The smallest absolute Gasteiger partial charge is 0.223 e. The Labute approximate surface area is 80.2 Å². The van der Waals surface area contributed by atoms with Crippen LogP contribution in [0, 0.1) is 0 Å². The molecule has 0 heterocycles. The molecule has 0 N–H and O–H groups in total. The van der Waals surface area contributed by atoms with Crippen LogP contribution in [0.4, 0.5) is 0 Å². The van der Waals surface area contributed by atoms with Gasteiger partial charge < -0.3 is 4.90 Å². The molecule has 0 aliphatic heterocycles. The number of hydrogen-bond acceptors (Lipinski definition) is 1. The summed E-state index contributed by atoms with van der Waals surface area (Å²) in [6.45, 7) is 9.76. The fourth-order valence-corrected chi connectivity index (χ4v) is 1.05. The zero-order chi connectivity index (χ0) is 10.3. The van der Waals surface area contributed by atoms with E-state index in [4.69, 9.17) is 0 Å². The van der Waals surface area contributed by atoms with Crippen LogP contribution < -0.4 is 0 Å². The molecule has 72 valence electrons. The van der Waals surface area contributed by atoms with Crippen LogP contribution in [-0.4, -0.2) is 17.4 Å². The lowest BCUT2D eigenvalue weighted by Gasteiger charge is -2.19.